The zero-order valence-electron chi connectivity index (χ0n) is 16.5. The highest BCUT2D eigenvalue weighted by Gasteiger charge is 2.21. The average Bonchev–Trinajstić information content (AvgIpc) is 2.98. The Bertz CT molecular complexity index is 928. The van der Waals surface area contributed by atoms with E-state index in [0.717, 1.165) is 26.1 Å². The van der Waals surface area contributed by atoms with Crippen molar-refractivity contribution in [3.05, 3.63) is 78.4 Å². The standard InChI is InChI=1S/C22H27N3O3S/c1-2-13-23-29(27,28)21-11-9-20(10-12-21)22(26)25-15-6-14-24(16-17-25)18-19-7-4-3-5-8-19/h2-5,7-12,23H,1,6,13-18H2. The van der Waals surface area contributed by atoms with E-state index in [2.05, 4.69) is 28.3 Å². The molecule has 1 N–H and O–H groups in total. The molecule has 1 aliphatic heterocycles. The van der Waals surface area contributed by atoms with Crippen LogP contribution in [0.15, 0.2) is 72.1 Å². The Morgan fingerprint density at radius 2 is 1.72 bits per heavy atom. The highest BCUT2D eigenvalue weighted by atomic mass is 32.2. The fourth-order valence-corrected chi connectivity index (χ4v) is 4.38. The summed E-state index contributed by atoms with van der Waals surface area (Å²) < 4.78 is 26.7. The Morgan fingerprint density at radius 3 is 2.41 bits per heavy atom. The topological polar surface area (TPSA) is 69.7 Å². The van der Waals surface area contributed by atoms with Crippen LogP contribution in [-0.4, -0.2) is 56.8 Å². The van der Waals surface area contributed by atoms with Gasteiger partial charge >= 0.3 is 0 Å². The highest BCUT2D eigenvalue weighted by molar-refractivity contribution is 7.89. The number of carbonyl (C=O) groups excluding carboxylic acids is 1. The van der Waals surface area contributed by atoms with Crippen molar-refractivity contribution in [2.24, 2.45) is 0 Å². The maximum atomic E-state index is 12.9. The van der Waals surface area contributed by atoms with E-state index in [1.165, 1.54) is 23.8 Å². The summed E-state index contributed by atoms with van der Waals surface area (Å²) in [5, 5.41) is 0. The molecule has 154 valence electrons. The van der Waals surface area contributed by atoms with Crippen LogP contribution in [-0.2, 0) is 16.6 Å². The summed E-state index contributed by atoms with van der Waals surface area (Å²) in [5.74, 6) is -0.0606. The SMILES string of the molecule is C=CCNS(=O)(=O)c1ccc(C(=O)N2CCCN(Cc3ccccc3)CC2)cc1. The molecule has 7 heteroatoms. The van der Waals surface area contributed by atoms with Gasteiger partial charge in [-0.3, -0.25) is 9.69 Å². The summed E-state index contributed by atoms with van der Waals surface area (Å²) >= 11 is 0. The van der Waals surface area contributed by atoms with Gasteiger partial charge in [0.15, 0.2) is 0 Å². The minimum absolute atomic E-state index is 0.0606. The smallest absolute Gasteiger partial charge is 0.253 e. The normalized spacial score (nSPS) is 15.7. The van der Waals surface area contributed by atoms with E-state index in [9.17, 15) is 13.2 Å². The van der Waals surface area contributed by atoms with Crippen LogP contribution in [0.25, 0.3) is 0 Å². The molecule has 29 heavy (non-hydrogen) atoms. The van der Waals surface area contributed by atoms with Gasteiger partial charge in [0.05, 0.1) is 4.90 Å². The second-order valence-electron chi connectivity index (χ2n) is 7.07. The Morgan fingerprint density at radius 1 is 1.00 bits per heavy atom. The summed E-state index contributed by atoms with van der Waals surface area (Å²) in [6.45, 7) is 7.67. The first-order valence-corrected chi connectivity index (χ1v) is 11.2. The maximum Gasteiger partial charge on any atom is 0.253 e. The van der Waals surface area contributed by atoms with Gasteiger partial charge in [0.25, 0.3) is 5.91 Å². The predicted molar refractivity (Wildman–Crippen MR) is 114 cm³/mol. The zero-order chi connectivity index (χ0) is 20.7. The quantitative estimate of drug-likeness (QED) is 0.708. The van der Waals surface area contributed by atoms with Crippen LogP contribution >= 0.6 is 0 Å². The number of nitrogens with one attached hydrogen (secondary N) is 1. The first kappa shape index (κ1) is 21.2. The molecular formula is C22H27N3O3S. The Balaban J connectivity index is 1.61. The van der Waals surface area contributed by atoms with Crippen LogP contribution in [0.4, 0.5) is 0 Å². The summed E-state index contributed by atoms with van der Waals surface area (Å²) in [6, 6.07) is 16.4. The van der Waals surface area contributed by atoms with E-state index >= 15 is 0 Å². The van der Waals surface area contributed by atoms with Gasteiger partial charge in [0, 0.05) is 44.8 Å². The predicted octanol–water partition coefficient (Wildman–Crippen LogP) is 2.50. The average molecular weight is 414 g/mol. The Hall–Kier alpha value is -2.48. The summed E-state index contributed by atoms with van der Waals surface area (Å²) in [4.78, 5) is 17.2. The number of nitrogens with zero attached hydrogens (tertiary/aromatic N) is 2. The number of carbonyl (C=O) groups is 1. The number of amides is 1. The van der Waals surface area contributed by atoms with Crippen molar-refractivity contribution in [2.75, 3.05) is 32.7 Å². The van der Waals surface area contributed by atoms with Crippen molar-refractivity contribution in [3.63, 3.8) is 0 Å². The van der Waals surface area contributed by atoms with Gasteiger partial charge in [0.1, 0.15) is 0 Å². The second kappa shape index (κ2) is 9.82. The fraction of sp³-hybridized carbons (Fsp3) is 0.318. The second-order valence-corrected chi connectivity index (χ2v) is 8.84. The third kappa shape index (κ3) is 5.76. The largest absolute Gasteiger partial charge is 0.337 e. The van der Waals surface area contributed by atoms with Crippen LogP contribution in [0.1, 0.15) is 22.3 Å². The molecule has 1 saturated heterocycles. The molecule has 1 fully saturated rings. The van der Waals surface area contributed by atoms with Crippen molar-refractivity contribution in [1.29, 1.82) is 0 Å². The third-order valence-electron chi connectivity index (χ3n) is 4.95. The van der Waals surface area contributed by atoms with E-state index < -0.39 is 10.0 Å². The van der Waals surface area contributed by atoms with Crippen LogP contribution in [0.3, 0.4) is 0 Å². The van der Waals surface area contributed by atoms with Crippen molar-refractivity contribution in [3.8, 4) is 0 Å². The molecule has 0 aliphatic carbocycles. The monoisotopic (exact) mass is 413 g/mol. The van der Waals surface area contributed by atoms with Crippen LogP contribution in [0, 0.1) is 0 Å². The zero-order valence-corrected chi connectivity index (χ0v) is 17.3. The molecule has 2 aromatic rings. The molecule has 2 aromatic carbocycles. The lowest BCUT2D eigenvalue weighted by Gasteiger charge is -2.22. The summed E-state index contributed by atoms with van der Waals surface area (Å²) in [5.41, 5.74) is 1.78. The lowest BCUT2D eigenvalue weighted by atomic mass is 10.2. The van der Waals surface area contributed by atoms with E-state index in [0.29, 0.717) is 18.7 Å². The minimum Gasteiger partial charge on any atom is -0.337 e. The number of sulfonamides is 1. The molecule has 1 amide bonds. The number of hydrogen-bond acceptors (Lipinski definition) is 4. The minimum atomic E-state index is -3.59. The van der Waals surface area contributed by atoms with Crippen molar-refractivity contribution < 1.29 is 13.2 Å². The van der Waals surface area contributed by atoms with Crippen LogP contribution in [0.2, 0.25) is 0 Å². The first-order chi connectivity index (χ1) is 14.0. The van der Waals surface area contributed by atoms with Crippen molar-refractivity contribution in [1.82, 2.24) is 14.5 Å². The first-order valence-electron chi connectivity index (χ1n) is 9.76. The van der Waals surface area contributed by atoms with E-state index in [1.807, 2.05) is 23.1 Å². The molecule has 0 saturated carbocycles. The van der Waals surface area contributed by atoms with Gasteiger partial charge in [-0.2, -0.15) is 0 Å². The molecular weight excluding hydrogens is 386 g/mol. The molecule has 6 nitrogen and oxygen atoms in total. The Labute approximate surface area is 172 Å². The summed E-state index contributed by atoms with van der Waals surface area (Å²) in [7, 11) is -3.59. The third-order valence-corrected chi connectivity index (χ3v) is 6.39. The lowest BCUT2D eigenvalue weighted by Crippen LogP contribution is -2.35. The number of rotatable bonds is 7. The molecule has 1 aliphatic rings. The molecule has 0 atom stereocenters. The molecule has 0 aromatic heterocycles. The van der Waals surface area contributed by atoms with E-state index in [4.69, 9.17) is 0 Å². The highest BCUT2D eigenvalue weighted by Crippen LogP contribution is 2.15. The molecule has 0 spiro atoms. The molecule has 1 heterocycles. The summed E-state index contributed by atoms with van der Waals surface area (Å²) in [6.07, 6.45) is 2.40. The lowest BCUT2D eigenvalue weighted by molar-refractivity contribution is 0.0761. The number of hydrogen-bond donors (Lipinski definition) is 1. The molecule has 3 rings (SSSR count). The van der Waals surface area contributed by atoms with Crippen molar-refractivity contribution >= 4 is 15.9 Å². The van der Waals surface area contributed by atoms with Gasteiger partial charge in [-0.25, -0.2) is 13.1 Å². The van der Waals surface area contributed by atoms with Crippen LogP contribution in [0.5, 0.6) is 0 Å². The number of benzene rings is 2. The van der Waals surface area contributed by atoms with Gasteiger partial charge in [-0.15, -0.1) is 6.58 Å². The molecule has 0 bridgehead atoms. The van der Waals surface area contributed by atoms with Crippen LogP contribution < -0.4 is 4.72 Å². The molecule has 0 radical (unpaired) electrons. The van der Waals surface area contributed by atoms with Gasteiger partial charge in [-0.1, -0.05) is 36.4 Å². The van der Waals surface area contributed by atoms with Gasteiger partial charge < -0.3 is 4.90 Å². The van der Waals surface area contributed by atoms with E-state index in [-0.39, 0.29) is 17.3 Å². The van der Waals surface area contributed by atoms with Gasteiger partial charge in [-0.05, 0) is 36.2 Å². The van der Waals surface area contributed by atoms with Gasteiger partial charge in [0.2, 0.25) is 10.0 Å². The molecule has 0 unspecified atom stereocenters. The maximum absolute atomic E-state index is 12.9. The Kier molecular flexibility index (Phi) is 7.19. The van der Waals surface area contributed by atoms with Crippen molar-refractivity contribution in [2.45, 2.75) is 17.9 Å². The van der Waals surface area contributed by atoms with E-state index in [1.54, 1.807) is 12.1 Å². The fourth-order valence-electron chi connectivity index (χ4n) is 3.38.